The Hall–Kier alpha value is -1.59. The molecule has 0 spiro atoms. The Labute approximate surface area is 94.8 Å². The Morgan fingerprint density at radius 2 is 1.71 bits per heavy atom. The predicted octanol–water partition coefficient (Wildman–Crippen LogP) is -0.119. The third kappa shape index (κ3) is 2.95. The van der Waals surface area contributed by atoms with Gasteiger partial charge < -0.3 is 20.4 Å². The van der Waals surface area contributed by atoms with E-state index in [1.165, 1.54) is 0 Å². The quantitative estimate of drug-likeness (QED) is 0.556. The van der Waals surface area contributed by atoms with Gasteiger partial charge in [0.1, 0.15) is 0 Å². The molecular weight excluding hydrogens is 236 g/mol. The van der Waals surface area contributed by atoms with E-state index in [-0.39, 0.29) is 5.56 Å². The molecule has 0 saturated heterocycles. The topological polar surface area (TPSA) is 105 Å². The summed E-state index contributed by atoms with van der Waals surface area (Å²) in [5.74, 6) is 0. The van der Waals surface area contributed by atoms with E-state index in [2.05, 4.69) is 0 Å². The second-order valence-electron chi connectivity index (χ2n) is 3.35. The van der Waals surface area contributed by atoms with Crippen molar-refractivity contribution in [2.45, 2.75) is 18.5 Å². The summed E-state index contributed by atoms with van der Waals surface area (Å²) in [5.41, 5.74) is -2.42. The minimum absolute atomic E-state index is 0.261. The molecule has 0 aliphatic rings. The fourth-order valence-electron chi connectivity index (χ4n) is 1.47. The zero-order chi connectivity index (χ0) is 13.3. The van der Waals surface area contributed by atoms with Crippen molar-refractivity contribution < 1.29 is 29.2 Å². The number of nitrogens with zero attached hydrogens (tertiary/aromatic N) is 1. The van der Waals surface area contributed by atoms with Crippen LogP contribution in [0.25, 0.3) is 0 Å². The van der Waals surface area contributed by atoms with Crippen LogP contribution in [0, 0.1) is 11.3 Å². The SMILES string of the molecule is N#CCc1cccc(C(O)(O)F)c1C(O)(O)F. The van der Waals surface area contributed by atoms with Crippen molar-refractivity contribution in [1.29, 1.82) is 5.26 Å². The van der Waals surface area contributed by atoms with Gasteiger partial charge in [-0.2, -0.15) is 14.0 Å². The molecule has 1 aromatic rings. The lowest BCUT2D eigenvalue weighted by atomic mass is 9.96. The molecule has 5 nitrogen and oxygen atoms in total. The molecule has 0 radical (unpaired) electrons. The number of rotatable bonds is 3. The molecule has 0 aliphatic heterocycles. The molecule has 0 fully saturated rings. The number of nitriles is 1. The molecule has 4 N–H and O–H groups in total. The fraction of sp³-hybridized carbons (Fsp3) is 0.300. The first-order chi connectivity index (χ1) is 7.68. The number of hydrogen-bond donors (Lipinski definition) is 4. The van der Waals surface area contributed by atoms with Gasteiger partial charge in [0.15, 0.2) is 0 Å². The van der Waals surface area contributed by atoms with Gasteiger partial charge >= 0.3 is 12.1 Å². The van der Waals surface area contributed by atoms with Crippen molar-refractivity contribution in [3.05, 3.63) is 34.9 Å². The predicted molar refractivity (Wildman–Crippen MR) is 50.2 cm³/mol. The van der Waals surface area contributed by atoms with Crippen LogP contribution >= 0.6 is 0 Å². The lowest BCUT2D eigenvalue weighted by Gasteiger charge is -2.22. The van der Waals surface area contributed by atoms with Crippen LogP contribution in [0.2, 0.25) is 0 Å². The normalized spacial score (nSPS) is 12.3. The minimum atomic E-state index is -3.98. The van der Waals surface area contributed by atoms with E-state index in [4.69, 9.17) is 25.7 Å². The summed E-state index contributed by atoms with van der Waals surface area (Å²) < 4.78 is 26.1. The van der Waals surface area contributed by atoms with Gasteiger partial charge in [0.25, 0.3) is 0 Å². The smallest absolute Gasteiger partial charge is 0.336 e. The maximum atomic E-state index is 13.1. The fourth-order valence-corrected chi connectivity index (χ4v) is 1.47. The molecule has 92 valence electrons. The summed E-state index contributed by atoms with van der Waals surface area (Å²) in [5, 5.41) is 43.6. The van der Waals surface area contributed by atoms with Gasteiger partial charge in [-0.05, 0) is 5.56 Å². The number of halogens is 2. The average molecular weight is 245 g/mol. The summed E-state index contributed by atoms with van der Waals surface area (Å²) >= 11 is 0. The van der Waals surface area contributed by atoms with E-state index in [1.807, 2.05) is 0 Å². The van der Waals surface area contributed by atoms with Crippen molar-refractivity contribution in [3.8, 4) is 6.07 Å². The van der Waals surface area contributed by atoms with Gasteiger partial charge in [-0.3, -0.25) is 0 Å². The van der Waals surface area contributed by atoms with E-state index in [0.717, 1.165) is 18.2 Å². The Kier molecular flexibility index (Phi) is 3.45. The standard InChI is InChI=1S/C10H9F2NO4/c11-9(14,15)7-3-1-2-6(4-5-13)8(7)10(12,16)17/h1-3,14-17H,4H2. The van der Waals surface area contributed by atoms with Crippen LogP contribution in [-0.4, -0.2) is 20.4 Å². The van der Waals surface area contributed by atoms with Crippen LogP contribution < -0.4 is 0 Å². The average Bonchev–Trinajstić information content (AvgIpc) is 2.14. The first kappa shape index (κ1) is 13.5. The van der Waals surface area contributed by atoms with E-state index in [1.54, 1.807) is 6.07 Å². The van der Waals surface area contributed by atoms with Gasteiger partial charge in [0.2, 0.25) is 0 Å². The number of alkyl halides is 2. The highest BCUT2D eigenvalue weighted by atomic mass is 19.2. The number of aliphatic hydroxyl groups is 4. The number of hydrogen-bond acceptors (Lipinski definition) is 5. The molecule has 1 rings (SSSR count). The summed E-state index contributed by atoms with van der Waals surface area (Å²) in [4.78, 5) is 0. The van der Waals surface area contributed by atoms with E-state index in [9.17, 15) is 8.78 Å². The molecule has 0 saturated carbocycles. The Balaban J connectivity index is 3.53. The molecule has 17 heavy (non-hydrogen) atoms. The molecule has 0 aromatic heterocycles. The lowest BCUT2D eigenvalue weighted by Crippen LogP contribution is -2.29. The highest BCUT2D eigenvalue weighted by Gasteiger charge is 2.39. The monoisotopic (exact) mass is 245 g/mol. The van der Waals surface area contributed by atoms with Crippen molar-refractivity contribution in [3.63, 3.8) is 0 Å². The molecule has 0 bridgehead atoms. The summed E-state index contributed by atoms with van der Waals surface area (Å²) in [7, 11) is 0. The van der Waals surface area contributed by atoms with Gasteiger partial charge in [0.05, 0.1) is 23.6 Å². The van der Waals surface area contributed by atoms with Crippen molar-refractivity contribution in [2.24, 2.45) is 0 Å². The summed E-state index contributed by atoms with van der Waals surface area (Å²) in [6.45, 7) is 0. The van der Waals surface area contributed by atoms with Gasteiger partial charge in [0, 0.05) is 0 Å². The Bertz CT molecular complexity index is 457. The molecule has 0 unspecified atom stereocenters. The van der Waals surface area contributed by atoms with Crippen LogP contribution in [0.3, 0.4) is 0 Å². The first-order valence-corrected chi connectivity index (χ1v) is 4.45. The highest BCUT2D eigenvalue weighted by Crippen LogP contribution is 2.33. The van der Waals surface area contributed by atoms with Crippen LogP contribution in [0.4, 0.5) is 8.78 Å². The second-order valence-corrected chi connectivity index (χ2v) is 3.35. The maximum Gasteiger partial charge on any atom is 0.344 e. The van der Waals surface area contributed by atoms with Crippen molar-refractivity contribution >= 4 is 0 Å². The zero-order valence-electron chi connectivity index (χ0n) is 8.43. The van der Waals surface area contributed by atoms with Crippen LogP contribution in [0.1, 0.15) is 16.7 Å². The first-order valence-electron chi connectivity index (χ1n) is 4.45. The van der Waals surface area contributed by atoms with E-state index in [0.29, 0.717) is 0 Å². The highest BCUT2D eigenvalue weighted by molar-refractivity contribution is 5.40. The van der Waals surface area contributed by atoms with Gasteiger partial charge in [-0.15, -0.1) is 0 Å². The summed E-state index contributed by atoms with van der Waals surface area (Å²) in [6, 6.07) is -3.30. The number of benzene rings is 1. The largest absolute Gasteiger partial charge is 0.344 e. The second kappa shape index (κ2) is 4.35. The zero-order valence-corrected chi connectivity index (χ0v) is 8.43. The molecule has 0 aliphatic carbocycles. The molecular formula is C10H9F2NO4. The molecule has 7 heteroatoms. The summed E-state index contributed by atoms with van der Waals surface area (Å²) in [6.07, 6.45) is -0.452. The van der Waals surface area contributed by atoms with Crippen molar-refractivity contribution in [1.82, 2.24) is 0 Å². The van der Waals surface area contributed by atoms with Gasteiger partial charge in [-0.25, -0.2) is 0 Å². The maximum absolute atomic E-state index is 13.1. The Morgan fingerprint density at radius 1 is 1.12 bits per heavy atom. The molecule has 1 aromatic carbocycles. The van der Waals surface area contributed by atoms with Crippen LogP contribution in [-0.2, 0) is 18.5 Å². The van der Waals surface area contributed by atoms with Crippen molar-refractivity contribution in [2.75, 3.05) is 0 Å². The minimum Gasteiger partial charge on any atom is -0.336 e. The van der Waals surface area contributed by atoms with Crippen LogP contribution in [0.15, 0.2) is 18.2 Å². The Morgan fingerprint density at radius 3 is 2.12 bits per heavy atom. The third-order valence-electron chi connectivity index (χ3n) is 2.08. The van der Waals surface area contributed by atoms with Gasteiger partial charge in [-0.1, -0.05) is 18.2 Å². The van der Waals surface area contributed by atoms with E-state index >= 15 is 0 Å². The third-order valence-corrected chi connectivity index (χ3v) is 2.08. The molecule has 0 heterocycles. The molecule has 0 atom stereocenters. The lowest BCUT2D eigenvalue weighted by molar-refractivity contribution is -0.291. The van der Waals surface area contributed by atoms with Crippen LogP contribution in [0.5, 0.6) is 0 Å². The molecule has 0 amide bonds. The van der Waals surface area contributed by atoms with E-state index < -0.39 is 29.6 Å².